The van der Waals surface area contributed by atoms with Crippen molar-refractivity contribution in [1.82, 2.24) is 9.55 Å². The van der Waals surface area contributed by atoms with E-state index >= 15 is 0 Å². The van der Waals surface area contributed by atoms with E-state index in [1.54, 1.807) is 0 Å². The van der Waals surface area contributed by atoms with Crippen LogP contribution in [0.1, 0.15) is 43.5 Å². The summed E-state index contributed by atoms with van der Waals surface area (Å²) in [6.45, 7) is 4.35. The zero-order chi connectivity index (χ0) is 13.9. The van der Waals surface area contributed by atoms with E-state index < -0.39 is 0 Å². The molecule has 1 fully saturated rings. The summed E-state index contributed by atoms with van der Waals surface area (Å²) >= 11 is 0. The third kappa shape index (κ3) is 3.21. The molecule has 1 saturated carbocycles. The maximum atomic E-state index is 4.62. The molecular formula is C17H23N3. The normalized spacial score (nSPS) is 16.1. The van der Waals surface area contributed by atoms with Crippen molar-refractivity contribution in [1.29, 1.82) is 0 Å². The molecule has 1 N–H and O–H groups in total. The van der Waals surface area contributed by atoms with Gasteiger partial charge in [0.25, 0.3) is 0 Å². The van der Waals surface area contributed by atoms with E-state index in [1.807, 2.05) is 0 Å². The molecule has 0 amide bonds. The summed E-state index contributed by atoms with van der Waals surface area (Å²) in [5.41, 5.74) is 2.51. The van der Waals surface area contributed by atoms with Gasteiger partial charge < -0.3 is 9.88 Å². The van der Waals surface area contributed by atoms with Crippen molar-refractivity contribution in [2.24, 2.45) is 0 Å². The summed E-state index contributed by atoms with van der Waals surface area (Å²) in [5, 5.41) is 3.54. The quantitative estimate of drug-likeness (QED) is 0.860. The van der Waals surface area contributed by atoms with Gasteiger partial charge in [0.05, 0.1) is 5.69 Å². The van der Waals surface area contributed by atoms with Gasteiger partial charge in [0, 0.05) is 18.3 Å². The van der Waals surface area contributed by atoms with E-state index in [-0.39, 0.29) is 0 Å². The number of hydrogen-bond acceptors (Lipinski definition) is 2. The second-order valence-corrected chi connectivity index (χ2v) is 5.91. The van der Waals surface area contributed by atoms with Crippen LogP contribution < -0.4 is 5.32 Å². The molecule has 1 aliphatic carbocycles. The Morgan fingerprint density at radius 2 is 2.05 bits per heavy atom. The van der Waals surface area contributed by atoms with Crippen molar-refractivity contribution in [2.75, 3.05) is 5.32 Å². The Bertz CT molecular complexity index is 555. The first-order chi connectivity index (χ1) is 9.72. The molecule has 0 aliphatic heterocycles. The molecule has 1 heterocycles. The van der Waals surface area contributed by atoms with Crippen LogP contribution in [0.3, 0.4) is 0 Å². The number of nitrogens with one attached hydrogen (secondary N) is 1. The van der Waals surface area contributed by atoms with Crippen molar-refractivity contribution in [3.63, 3.8) is 0 Å². The minimum absolute atomic E-state index is 0.470. The number of imidazole rings is 1. The molecule has 3 heteroatoms. The Hall–Kier alpha value is -1.77. The fraction of sp³-hybridized carbons (Fsp3) is 0.471. The minimum atomic E-state index is 0.470. The second kappa shape index (κ2) is 5.70. The standard InChI is InChI=1S/C17H23N3/c1-13-12-20(17(18-13)19-16-10-11-16)14(2)8-9-15-6-4-3-5-7-15/h3-7,12,14,16H,8-11H2,1-2H3,(H,18,19). The van der Waals surface area contributed by atoms with Crippen LogP contribution in [0.2, 0.25) is 0 Å². The maximum Gasteiger partial charge on any atom is 0.203 e. The molecule has 1 aliphatic rings. The van der Waals surface area contributed by atoms with Crippen molar-refractivity contribution >= 4 is 5.95 Å². The molecular weight excluding hydrogens is 246 g/mol. The highest BCUT2D eigenvalue weighted by Crippen LogP contribution is 2.27. The van der Waals surface area contributed by atoms with Gasteiger partial charge in [-0.05, 0) is 45.1 Å². The van der Waals surface area contributed by atoms with Gasteiger partial charge in [0.15, 0.2) is 0 Å². The highest BCUT2D eigenvalue weighted by molar-refractivity contribution is 5.32. The summed E-state index contributed by atoms with van der Waals surface area (Å²) < 4.78 is 2.30. The number of benzene rings is 1. The van der Waals surface area contributed by atoms with Gasteiger partial charge in [0.2, 0.25) is 5.95 Å². The molecule has 3 rings (SSSR count). The summed E-state index contributed by atoms with van der Waals surface area (Å²) in [6.07, 6.45) is 6.98. The summed E-state index contributed by atoms with van der Waals surface area (Å²) in [7, 11) is 0. The highest BCUT2D eigenvalue weighted by atomic mass is 15.2. The Balaban J connectivity index is 1.65. The zero-order valence-corrected chi connectivity index (χ0v) is 12.3. The van der Waals surface area contributed by atoms with Gasteiger partial charge in [-0.1, -0.05) is 30.3 Å². The highest BCUT2D eigenvalue weighted by Gasteiger charge is 2.23. The van der Waals surface area contributed by atoms with Crippen LogP contribution in [0.15, 0.2) is 36.5 Å². The molecule has 1 aromatic carbocycles. The number of aryl methyl sites for hydroxylation is 2. The largest absolute Gasteiger partial charge is 0.353 e. The summed E-state index contributed by atoms with van der Waals surface area (Å²) in [6, 6.07) is 11.8. The monoisotopic (exact) mass is 269 g/mol. The summed E-state index contributed by atoms with van der Waals surface area (Å²) in [5.74, 6) is 1.05. The van der Waals surface area contributed by atoms with Crippen molar-refractivity contribution in [3.8, 4) is 0 Å². The molecule has 2 aromatic rings. The predicted molar refractivity (Wildman–Crippen MR) is 83.1 cm³/mol. The van der Waals surface area contributed by atoms with Crippen LogP contribution in [-0.2, 0) is 6.42 Å². The molecule has 0 saturated heterocycles. The summed E-state index contributed by atoms with van der Waals surface area (Å²) in [4.78, 5) is 4.62. The van der Waals surface area contributed by atoms with Crippen LogP contribution >= 0.6 is 0 Å². The molecule has 0 spiro atoms. The maximum absolute atomic E-state index is 4.62. The Morgan fingerprint density at radius 3 is 2.75 bits per heavy atom. The van der Waals surface area contributed by atoms with Gasteiger partial charge in [-0.3, -0.25) is 0 Å². The third-order valence-corrected chi connectivity index (χ3v) is 3.93. The van der Waals surface area contributed by atoms with Crippen LogP contribution in [0.25, 0.3) is 0 Å². The van der Waals surface area contributed by atoms with E-state index in [0.717, 1.165) is 24.5 Å². The fourth-order valence-corrected chi connectivity index (χ4v) is 2.53. The minimum Gasteiger partial charge on any atom is -0.353 e. The fourth-order valence-electron chi connectivity index (χ4n) is 2.53. The molecule has 1 atom stereocenters. The Morgan fingerprint density at radius 1 is 1.30 bits per heavy atom. The van der Waals surface area contributed by atoms with Crippen LogP contribution in [-0.4, -0.2) is 15.6 Å². The number of anilines is 1. The van der Waals surface area contributed by atoms with Crippen molar-refractivity contribution in [3.05, 3.63) is 47.8 Å². The topological polar surface area (TPSA) is 29.9 Å². The second-order valence-electron chi connectivity index (χ2n) is 5.91. The number of rotatable bonds is 6. The van der Waals surface area contributed by atoms with E-state index in [9.17, 15) is 0 Å². The van der Waals surface area contributed by atoms with Crippen molar-refractivity contribution < 1.29 is 0 Å². The smallest absolute Gasteiger partial charge is 0.203 e. The first-order valence-electron chi connectivity index (χ1n) is 7.58. The van der Waals surface area contributed by atoms with Crippen molar-refractivity contribution in [2.45, 2.75) is 51.6 Å². The molecule has 20 heavy (non-hydrogen) atoms. The third-order valence-electron chi connectivity index (χ3n) is 3.93. The molecule has 1 aromatic heterocycles. The average molecular weight is 269 g/mol. The zero-order valence-electron chi connectivity index (χ0n) is 12.3. The van der Waals surface area contributed by atoms with Crippen LogP contribution in [0.4, 0.5) is 5.95 Å². The Labute approximate surface area is 121 Å². The van der Waals surface area contributed by atoms with Gasteiger partial charge >= 0.3 is 0 Å². The SMILES string of the molecule is Cc1cn(C(C)CCc2ccccc2)c(NC2CC2)n1. The van der Waals surface area contributed by atoms with E-state index in [0.29, 0.717) is 12.1 Å². The lowest BCUT2D eigenvalue weighted by molar-refractivity contribution is 0.510. The van der Waals surface area contributed by atoms with E-state index in [4.69, 9.17) is 0 Å². The average Bonchev–Trinajstić information content (AvgIpc) is 3.19. The number of aromatic nitrogens is 2. The number of nitrogens with zero attached hydrogens (tertiary/aromatic N) is 2. The Kier molecular flexibility index (Phi) is 3.77. The lowest BCUT2D eigenvalue weighted by Crippen LogP contribution is -2.12. The van der Waals surface area contributed by atoms with Gasteiger partial charge in [0.1, 0.15) is 0 Å². The van der Waals surface area contributed by atoms with Crippen LogP contribution in [0.5, 0.6) is 0 Å². The molecule has 3 nitrogen and oxygen atoms in total. The first-order valence-corrected chi connectivity index (χ1v) is 7.58. The predicted octanol–water partition coefficient (Wildman–Crippen LogP) is 3.96. The first kappa shape index (κ1) is 13.2. The van der Waals surface area contributed by atoms with E-state index in [2.05, 4.69) is 65.2 Å². The molecule has 106 valence electrons. The molecule has 1 unspecified atom stereocenters. The molecule has 0 bridgehead atoms. The van der Waals surface area contributed by atoms with Crippen LogP contribution in [0, 0.1) is 6.92 Å². The van der Waals surface area contributed by atoms with Gasteiger partial charge in [-0.2, -0.15) is 0 Å². The van der Waals surface area contributed by atoms with E-state index in [1.165, 1.54) is 18.4 Å². The lowest BCUT2D eigenvalue weighted by atomic mass is 10.1. The van der Waals surface area contributed by atoms with Gasteiger partial charge in [-0.25, -0.2) is 4.98 Å². The number of hydrogen-bond donors (Lipinski definition) is 1. The molecule has 0 radical (unpaired) electrons. The lowest BCUT2D eigenvalue weighted by Gasteiger charge is -2.17. The van der Waals surface area contributed by atoms with Gasteiger partial charge in [-0.15, -0.1) is 0 Å².